The minimum absolute atomic E-state index is 0.178. The number of hydrogen-bond acceptors (Lipinski definition) is 6. The first-order valence-corrected chi connectivity index (χ1v) is 15.0. The Kier molecular flexibility index (Phi) is 6.87. The molecule has 1 heterocycles. The van der Waals surface area contributed by atoms with Crippen LogP contribution in [0.4, 0.5) is 5.69 Å². The maximum atomic E-state index is 13.9. The summed E-state index contributed by atoms with van der Waals surface area (Å²) >= 11 is 14.8. The Bertz CT molecular complexity index is 1790. The first kappa shape index (κ1) is 29.0. The molecule has 0 spiro atoms. The topological polar surface area (TPSA) is 110 Å². The number of halogens is 2. The van der Waals surface area contributed by atoms with Gasteiger partial charge in [-0.15, -0.1) is 23.2 Å². The predicted octanol–water partition coefficient (Wildman–Crippen LogP) is 5.26. The SMILES string of the molecule is O=C(CN1C(=O)[C@@H]2[C@H](C1=O)C1(Cl)c3ccccc3C2(Cl)c2ccccc21)Nc1ccc(C(=O)OCC(=O)c2ccccc2)cc1. The van der Waals surface area contributed by atoms with Crippen LogP contribution in [0.1, 0.15) is 43.0 Å². The largest absolute Gasteiger partial charge is 0.454 e. The third-order valence-corrected chi connectivity index (χ3v) is 10.1. The summed E-state index contributed by atoms with van der Waals surface area (Å²) in [5.74, 6) is -4.77. The van der Waals surface area contributed by atoms with Crippen molar-refractivity contribution in [2.24, 2.45) is 11.8 Å². The summed E-state index contributed by atoms with van der Waals surface area (Å²) in [6, 6.07) is 28.9. The van der Waals surface area contributed by atoms with Gasteiger partial charge in [0.2, 0.25) is 17.7 Å². The maximum Gasteiger partial charge on any atom is 0.338 e. The molecular formula is C35H24Cl2N2O6. The van der Waals surface area contributed by atoms with Crippen molar-refractivity contribution in [2.75, 3.05) is 18.5 Å². The average molecular weight is 639 g/mol. The van der Waals surface area contributed by atoms with Gasteiger partial charge in [0, 0.05) is 11.3 Å². The van der Waals surface area contributed by atoms with E-state index in [1.807, 2.05) is 48.5 Å². The minimum atomic E-state index is -1.33. The van der Waals surface area contributed by atoms with E-state index in [1.165, 1.54) is 24.3 Å². The molecule has 3 amide bonds. The molecule has 45 heavy (non-hydrogen) atoms. The number of benzene rings is 4. The zero-order chi connectivity index (χ0) is 31.5. The first-order valence-electron chi connectivity index (χ1n) is 14.2. The second kappa shape index (κ2) is 10.7. The van der Waals surface area contributed by atoms with E-state index >= 15 is 0 Å². The van der Waals surface area contributed by atoms with Gasteiger partial charge in [-0.3, -0.25) is 24.1 Å². The van der Waals surface area contributed by atoms with Crippen LogP contribution in [0, 0.1) is 11.8 Å². The zero-order valence-electron chi connectivity index (χ0n) is 23.5. The second-order valence-corrected chi connectivity index (χ2v) is 12.4. The highest BCUT2D eigenvalue weighted by atomic mass is 35.5. The number of imide groups is 1. The second-order valence-electron chi connectivity index (χ2n) is 11.2. The van der Waals surface area contributed by atoms with Gasteiger partial charge in [0.1, 0.15) is 16.3 Å². The number of nitrogens with zero attached hydrogens (tertiary/aromatic N) is 1. The monoisotopic (exact) mass is 638 g/mol. The number of amides is 3. The average Bonchev–Trinajstić information content (AvgIpc) is 3.32. The highest BCUT2D eigenvalue weighted by Crippen LogP contribution is 2.69. The van der Waals surface area contributed by atoms with Crippen LogP contribution in [0.3, 0.4) is 0 Å². The van der Waals surface area contributed by atoms with Crippen LogP contribution in [-0.4, -0.2) is 47.5 Å². The number of ether oxygens (including phenoxy) is 1. The van der Waals surface area contributed by atoms with Gasteiger partial charge in [0.05, 0.1) is 17.4 Å². The van der Waals surface area contributed by atoms with Gasteiger partial charge in [0.15, 0.2) is 12.4 Å². The van der Waals surface area contributed by atoms with E-state index in [0.717, 1.165) is 4.90 Å². The molecule has 0 unspecified atom stereocenters. The number of esters is 1. The number of carbonyl (C=O) groups excluding carboxylic acids is 5. The lowest BCUT2D eigenvalue weighted by atomic mass is 9.54. The summed E-state index contributed by atoms with van der Waals surface area (Å²) < 4.78 is 5.13. The van der Waals surface area contributed by atoms with E-state index in [0.29, 0.717) is 33.5 Å². The molecule has 8 rings (SSSR count). The fourth-order valence-electron chi connectivity index (χ4n) is 6.84. The molecule has 4 aromatic rings. The number of carbonyl (C=O) groups is 5. The van der Waals surface area contributed by atoms with E-state index < -0.39 is 58.4 Å². The number of hydrogen-bond donors (Lipinski definition) is 1. The number of Topliss-reactive ketones (excluding diaryl/α,β-unsaturated/α-hetero) is 1. The number of ketones is 1. The number of rotatable bonds is 7. The van der Waals surface area contributed by atoms with Gasteiger partial charge in [-0.25, -0.2) is 4.79 Å². The molecule has 3 aliphatic carbocycles. The molecule has 2 bridgehead atoms. The number of nitrogens with one attached hydrogen (secondary N) is 1. The fraction of sp³-hybridized carbons (Fsp3) is 0.171. The van der Waals surface area contributed by atoms with Gasteiger partial charge in [-0.05, 0) is 46.5 Å². The smallest absolute Gasteiger partial charge is 0.338 e. The molecular weight excluding hydrogens is 615 g/mol. The van der Waals surface area contributed by atoms with Crippen molar-refractivity contribution < 1.29 is 28.7 Å². The van der Waals surface area contributed by atoms with E-state index in [2.05, 4.69) is 5.32 Å². The number of likely N-dealkylation sites (tertiary alicyclic amines) is 1. The summed E-state index contributed by atoms with van der Waals surface area (Å²) in [5.41, 5.74) is 3.65. The summed E-state index contributed by atoms with van der Waals surface area (Å²) in [5, 5.41) is 2.66. The Morgan fingerprint density at radius 2 is 1.13 bits per heavy atom. The Morgan fingerprint density at radius 3 is 1.62 bits per heavy atom. The summed E-state index contributed by atoms with van der Waals surface area (Å²) in [6.45, 7) is -0.951. The molecule has 1 saturated heterocycles. The van der Waals surface area contributed by atoms with Crippen molar-refractivity contribution in [3.8, 4) is 0 Å². The molecule has 0 aromatic heterocycles. The molecule has 1 N–H and O–H groups in total. The van der Waals surface area contributed by atoms with Crippen molar-refractivity contribution in [3.63, 3.8) is 0 Å². The van der Waals surface area contributed by atoms with E-state index in [1.54, 1.807) is 30.3 Å². The minimum Gasteiger partial charge on any atom is -0.454 e. The standard InChI is InChI=1S/C35H24Cl2N2O6/c36-34-23-10-4-5-11-24(23)35(37,26-13-7-6-12-25(26)34)30-29(34)31(42)39(32(30)43)18-28(41)38-22-16-14-21(15-17-22)33(44)45-19-27(40)20-8-2-1-3-9-20/h1-17,29-30H,18-19H2,(H,38,41)/t29-,30+,34?,35?. The Labute approximate surface area is 267 Å². The Balaban J connectivity index is 1.06. The van der Waals surface area contributed by atoms with E-state index in [9.17, 15) is 24.0 Å². The van der Waals surface area contributed by atoms with Crippen LogP contribution in [0.15, 0.2) is 103 Å². The highest BCUT2D eigenvalue weighted by Gasteiger charge is 2.73. The summed E-state index contributed by atoms with van der Waals surface area (Å²) in [7, 11) is 0. The Hall–Kier alpha value is -4.79. The molecule has 4 aromatic carbocycles. The van der Waals surface area contributed by atoms with Crippen LogP contribution >= 0.6 is 23.2 Å². The van der Waals surface area contributed by atoms with Crippen LogP contribution in [-0.2, 0) is 28.9 Å². The predicted molar refractivity (Wildman–Crippen MR) is 166 cm³/mol. The molecule has 8 nitrogen and oxygen atoms in total. The molecule has 2 atom stereocenters. The molecule has 10 heteroatoms. The van der Waals surface area contributed by atoms with Gasteiger partial charge in [-0.1, -0.05) is 78.9 Å². The molecule has 0 saturated carbocycles. The third kappa shape index (κ3) is 4.31. The van der Waals surface area contributed by atoms with E-state index in [-0.39, 0.29) is 11.3 Å². The Morgan fingerprint density at radius 1 is 0.667 bits per heavy atom. The van der Waals surface area contributed by atoms with Gasteiger partial charge < -0.3 is 10.1 Å². The number of alkyl halides is 2. The summed E-state index contributed by atoms with van der Waals surface area (Å²) in [6.07, 6.45) is 0. The maximum absolute atomic E-state index is 13.9. The van der Waals surface area contributed by atoms with Crippen LogP contribution in [0.2, 0.25) is 0 Å². The van der Waals surface area contributed by atoms with Crippen molar-refractivity contribution in [1.29, 1.82) is 0 Å². The molecule has 1 fully saturated rings. The van der Waals surface area contributed by atoms with Crippen molar-refractivity contribution in [2.45, 2.75) is 9.75 Å². The molecule has 0 radical (unpaired) electrons. The lowest BCUT2D eigenvalue weighted by Crippen LogP contribution is -2.57. The third-order valence-electron chi connectivity index (χ3n) is 8.81. The van der Waals surface area contributed by atoms with Crippen LogP contribution in [0.5, 0.6) is 0 Å². The molecule has 4 aliphatic rings. The van der Waals surface area contributed by atoms with Gasteiger partial charge in [0.25, 0.3) is 0 Å². The quantitative estimate of drug-likeness (QED) is 0.128. The lowest BCUT2D eigenvalue weighted by Gasteiger charge is -2.54. The zero-order valence-corrected chi connectivity index (χ0v) is 25.0. The first-order chi connectivity index (χ1) is 21.7. The number of anilines is 1. The van der Waals surface area contributed by atoms with Gasteiger partial charge in [-0.2, -0.15) is 0 Å². The van der Waals surface area contributed by atoms with Crippen molar-refractivity contribution in [1.82, 2.24) is 4.90 Å². The van der Waals surface area contributed by atoms with Crippen LogP contribution in [0.25, 0.3) is 0 Å². The fourth-order valence-corrected chi connectivity index (χ4v) is 7.93. The normalized spacial score (nSPS) is 24.0. The van der Waals surface area contributed by atoms with Crippen LogP contribution < -0.4 is 5.32 Å². The molecule has 1 aliphatic heterocycles. The highest BCUT2D eigenvalue weighted by molar-refractivity contribution is 6.36. The van der Waals surface area contributed by atoms with E-state index in [4.69, 9.17) is 27.9 Å². The molecule has 224 valence electrons. The summed E-state index contributed by atoms with van der Waals surface area (Å²) in [4.78, 5) is 63.9. The van der Waals surface area contributed by atoms with Crippen molar-refractivity contribution >= 4 is 58.4 Å². The lowest BCUT2D eigenvalue weighted by molar-refractivity contribution is -0.142. The van der Waals surface area contributed by atoms with Crippen molar-refractivity contribution in [3.05, 3.63) is 137 Å². The van der Waals surface area contributed by atoms with Gasteiger partial charge >= 0.3 is 5.97 Å².